The summed E-state index contributed by atoms with van der Waals surface area (Å²) in [6.07, 6.45) is 8.53. The van der Waals surface area contributed by atoms with Gasteiger partial charge in [0.15, 0.2) is 0 Å². The van der Waals surface area contributed by atoms with Gasteiger partial charge in [0.05, 0.1) is 11.9 Å². The molecule has 0 amide bonds. The molecular formula is C17H29FN2. The molecular weight excluding hydrogens is 251 g/mol. The summed E-state index contributed by atoms with van der Waals surface area (Å²) in [6, 6.07) is 3.57. The molecule has 0 fully saturated rings. The highest BCUT2D eigenvalue weighted by molar-refractivity contribution is 5.10. The van der Waals surface area contributed by atoms with Gasteiger partial charge in [0.25, 0.3) is 0 Å². The Kier molecular flexibility index (Phi) is 8.43. The first-order valence-corrected chi connectivity index (χ1v) is 8.06. The number of halogens is 1. The molecule has 0 spiro atoms. The minimum Gasteiger partial charge on any atom is -0.309 e. The van der Waals surface area contributed by atoms with Crippen LogP contribution in [0.25, 0.3) is 0 Å². The van der Waals surface area contributed by atoms with Crippen molar-refractivity contribution in [1.82, 2.24) is 10.3 Å². The molecule has 0 aliphatic rings. The zero-order valence-corrected chi connectivity index (χ0v) is 13.2. The van der Waals surface area contributed by atoms with Crippen LogP contribution in [0.5, 0.6) is 0 Å². The second kappa shape index (κ2) is 9.87. The molecule has 0 saturated carbocycles. The number of aromatic nitrogens is 1. The molecule has 0 radical (unpaired) electrons. The van der Waals surface area contributed by atoms with Crippen LogP contribution in [0, 0.1) is 11.7 Å². The smallest absolute Gasteiger partial charge is 0.141 e. The van der Waals surface area contributed by atoms with E-state index >= 15 is 0 Å². The molecule has 0 bridgehead atoms. The Balaban J connectivity index is 2.69. The van der Waals surface area contributed by atoms with Gasteiger partial charge in [-0.1, -0.05) is 46.5 Å². The van der Waals surface area contributed by atoms with Crippen LogP contribution < -0.4 is 5.32 Å². The maximum atomic E-state index is 13.0. The number of rotatable bonds is 10. The minimum atomic E-state index is -0.263. The molecule has 2 unspecified atom stereocenters. The fourth-order valence-electron chi connectivity index (χ4n) is 2.54. The van der Waals surface area contributed by atoms with E-state index < -0.39 is 0 Å². The lowest BCUT2D eigenvalue weighted by Crippen LogP contribution is -2.25. The predicted molar refractivity (Wildman–Crippen MR) is 83.2 cm³/mol. The van der Waals surface area contributed by atoms with Crippen molar-refractivity contribution in [2.45, 2.75) is 65.3 Å². The monoisotopic (exact) mass is 280 g/mol. The zero-order valence-electron chi connectivity index (χ0n) is 13.2. The quantitative estimate of drug-likeness (QED) is 0.661. The third-order valence-corrected chi connectivity index (χ3v) is 3.86. The van der Waals surface area contributed by atoms with E-state index in [0.29, 0.717) is 0 Å². The third-order valence-electron chi connectivity index (χ3n) is 3.86. The minimum absolute atomic E-state index is 0.248. The van der Waals surface area contributed by atoms with Gasteiger partial charge in [-0.15, -0.1) is 0 Å². The molecule has 114 valence electrons. The summed E-state index contributed by atoms with van der Waals surface area (Å²) >= 11 is 0. The average Bonchev–Trinajstić information content (AvgIpc) is 2.48. The molecule has 0 saturated heterocycles. The summed E-state index contributed by atoms with van der Waals surface area (Å²) in [5, 5.41) is 3.56. The van der Waals surface area contributed by atoms with E-state index in [4.69, 9.17) is 0 Å². The van der Waals surface area contributed by atoms with E-state index in [0.717, 1.165) is 31.0 Å². The standard InChI is InChI=1S/C17H29FN2/c1-4-7-8-14(6-3)12-17(19-11-5-2)16-10-9-15(18)13-20-16/h9-10,13-14,17,19H,4-8,11-12H2,1-3H3. The summed E-state index contributed by atoms with van der Waals surface area (Å²) in [7, 11) is 0. The van der Waals surface area contributed by atoms with Crippen molar-refractivity contribution in [3.05, 3.63) is 29.8 Å². The van der Waals surface area contributed by atoms with Crippen molar-refractivity contribution in [3.63, 3.8) is 0 Å². The number of hydrogen-bond donors (Lipinski definition) is 1. The van der Waals surface area contributed by atoms with Crippen LogP contribution in [-0.2, 0) is 0 Å². The van der Waals surface area contributed by atoms with Gasteiger partial charge in [0.1, 0.15) is 5.82 Å². The fourth-order valence-corrected chi connectivity index (χ4v) is 2.54. The first-order valence-electron chi connectivity index (χ1n) is 8.06. The van der Waals surface area contributed by atoms with Gasteiger partial charge in [0, 0.05) is 6.04 Å². The summed E-state index contributed by atoms with van der Waals surface area (Å²) in [6.45, 7) is 7.64. The van der Waals surface area contributed by atoms with Gasteiger partial charge in [0.2, 0.25) is 0 Å². The molecule has 0 aliphatic carbocycles. The molecule has 0 aromatic carbocycles. The van der Waals surface area contributed by atoms with Crippen LogP contribution in [0.2, 0.25) is 0 Å². The number of nitrogens with zero attached hydrogens (tertiary/aromatic N) is 1. The van der Waals surface area contributed by atoms with Crippen LogP contribution in [0.3, 0.4) is 0 Å². The molecule has 1 aromatic heterocycles. The van der Waals surface area contributed by atoms with E-state index in [2.05, 4.69) is 31.1 Å². The lowest BCUT2D eigenvalue weighted by atomic mass is 9.90. The van der Waals surface area contributed by atoms with E-state index in [1.54, 1.807) is 0 Å². The van der Waals surface area contributed by atoms with Crippen LogP contribution in [0.4, 0.5) is 4.39 Å². The van der Waals surface area contributed by atoms with Gasteiger partial charge in [-0.05, 0) is 37.4 Å². The first kappa shape index (κ1) is 17.1. The summed E-state index contributed by atoms with van der Waals surface area (Å²) in [4.78, 5) is 4.26. The molecule has 1 N–H and O–H groups in total. The largest absolute Gasteiger partial charge is 0.309 e. The van der Waals surface area contributed by atoms with Crippen molar-refractivity contribution in [2.75, 3.05) is 6.54 Å². The van der Waals surface area contributed by atoms with Crippen molar-refractivity contribution in [3.8, 4) is 0 Å². The van der Waals surface area contributed by atoms with Crippen LogP contribution in [-0.4, -0.2) is 11.5 Å². The zero-order chi connectivity index (χ0) is 14.8. The van der Waals surface area contributed by atoms with Gasteiger partial charge in [-0.25, -0.2) is 4.39 Å². The van der Waals surface area contributed by atoms with Gasteiger partial charge in [-0.2, -0.15) is 0 Å². The maximum absolute atomic E-state index is 13.0. The molecule has 1 aromatic rings. The Morgan fingerprint density at radius 2 is 2.00 bits per heavy atom. The second-order valence-electron chi connectivity index (χ2n) is 5.56. The molecule has 1 rings (SSSR count). The van der Waals surface area contributed by atoms with E-state index in [9.17, 15) is 4.39 Å². The van der Waals surface area contributed by atoms with E-state index in [1.807, 2.05) is 6.07 Å². The normalized spacial score (nSPS) is 14.2. The predicted octanol–water partition coefficient (Wildman–Crippen LogP) is 4.87. The lowest BCUT2D eigenvalue weighted by molar-refractivity contribution is 0.349. The molecule has 3 heteroatoms. The maximum Gasteiger partial charge on any atom is 0.141 e. The first-order chi connectivity index (χ1) is 9.71. The van der Waals surface area contributed by atoms with Gasteiger partial charge < -0.3 is 5.32 Å². The molecule has 2 atom stereocenters. The van der Waals surface area contributed by atoms with E-state index in [1.165, 1.54) is 37.9 Å². The van der Waals surface area contributed by atoms with Crippen molar-refractivity contribution < 1.29 is 4.39 Å². The fraction of sp³-hybridized carbons (Fsp3) is 0.706. The van der Waals surface area contributed by atoms with E-state index in [-0.39, 0.29) is 11.9 Å². The second-order valence-corrected chi connectivity index (χ2v) is 5.56. The van der Waals surface area contributed by atoms with Crippen molar-refractivity contribution >= 4 is 0 Å². The Morgan fingerprint density at radius 3 is 2.55 bits per heavy atom. The molecule has 2 nitrogen and oxygen atoms in total. The van der Waals surface area contributed by atoms with Crippen LogP contribution >= 0.6 is 0 Å². The number of unbranched alkanes of at least 4 members (excludes halogenated alkanes) is 1. The Hall–Kier alpha value is -0.960. The Bertz CT molecular complexity index is 351. The summed E-state index contributed by atoms with van der Waals surface area (Å²) in [5.74, 6) is 0.456. The van der Waals surface area contributed by atoms with Gasteiger partial charge in [-0.3, -0.25) is 4.98 Å². The lowest BCUT2D eigenvalue weighted by Gasteiger charge is -2.23. The van der Waals surface area contributed by atoms with Crippen molar-refractivity contribution in [2.24, 2.45) is 5.92 Å². The highest BCUT2D eigenvalue weighted by Gasteiger charge is 2.17. The van der Waals surface area contributed by atoms with Crippen LogP contribution in [0.1, 0.15) is 71.0 Å². The topological polar surface area (TPSA) is 24.9 Å². The van der Waals surface area contributed by atoms with Crippen molar-refractivity contribution in [1.29, 1.82) is 0 Å². The third kappa shape index (κ3) is 6.00. The highest BCUT2D eigenvalue weighted by atomic mass is 19.1. The molecule has 0 aliphatic heterocycles. The summed E-state index contributed by atoms with van der Waals surface area (Å²) in [5.41, 5.74) is 0.967. The SMILES string of the molecule is CCCCC(CC)CC(NCCC)c1ccc(F)cn1. The van der Waals surface area contributed by atoms with Gasteiger partial charge >= 0.3 is 0 Å². The number of hydrogen-bond acceptors (Lipinski definition) is 2. The molecule has 1 heterocycles. The number of nitrogens with one attached hydrogen (secondary N) is 1. The molecule has 20 heavy (non-hydrogen) atoms. The Labute approximate surface area is 123 Å². The highest BCUT2D eigenvalue weighted by Crippen LogP contribution is 2.26. The Morgan fingerprint density at radius 1 is 1.20 bits per heavy atom. The summed E-state index contributed by atoms with van der Waals surface area (Å²) < 4.78 is 13.0. The number of pyridine rings is 1. The average molecular weight is 280 g/mol. The van der Waals surface area contributed by atoms with Crippen LogP contribution in [0.15, 0.2) is 18.3 Å².